The van der Waals surface area contributed by atoms with E-state index in [1.165, 1.54) is 5.56 Å². The molecular formula is C19H22N2O2. The summed E-state index contributed by atoms with van der Waals surface area (Å²) in [4.78, 5) is 14.3. The van der Waals surface area contributed by atoms with E-state index in [1.807, 2.05) is 49.4 Å². The van der Waals surface area contributed by atoms with Gasteiger partial charge < -0.3 is 15.0 Å². The Bertz CT molecular complexity index is 667. The third kappa shape index (κ3) is 4.03. The smallest absolute Gasteiger partial charge is 0.224 e. The number of benzene rings is 2. The summed E-state index contributed by atoms with van der Waals surface area (Å²) in [5.41, 5.74) is 3.36. The molecule has 0 atom stereocenters. The lowest BCUT2D eigenvalue weighted by molar-refractivity contribution is -0.120. The first-order valence-corrected chi connectivity index (χ1v) is 8.01. The second kappa shape index (κ2) is 7.18. The molecule has 0 spiro atoms. The summed E-state index contributed by atoms with van der Waals surface area (Å²) in [6.07, 6.45) is 0.431. The molecule has 4 heteroatoms. The monoisotopic (exact) mass is 310 g/mol. The van der Waals surface area contributed by atoms with E-state index in [0.29, 0.717) is 19.6 Å². The number of carbonyl (C=O) groups excluding carboxylic acids is 1. The summed E-state index contributed by atoms with van der Waals surface area (Å²) in [7, 11) is 0. The number of ether oxygens (including phenoxy) is 1. The fourth-order valence-corrected chi connectivity index (χ4v) is 2.74. The number of anilines is 1. The number of aryl methyl sites for hydroxylation is 1. The van der Waals surface area contributed by atoms with Gasteiger partial charge in [0, 0.05) is 13.1 Å². The average Bonchev–Trinajstić information content (AvgIpc) is 2.57. The lowest BCUT2D eigenvalue weighted by Gasteiger charge is -2.31. The van der Waals surface area contributed by atoms with Crippen LogP contribution in [0.3, 0.4) is 0 Å². The Morgan fingerprint density at radius 2 is 1.96 bits per heavy atom. The Labute approximate surface area is 137 Å². The number of nitrogens with zero attached hydrogens (tertiary/aromatic N) is 1. The number of hydrogen-bond acceptors (Lipinski definition) is 3. The molecule has 3 rings (SSSR count). The minimum atomic E-state index is 0.0652. The van der Waals surface area contributed by atoms with Gasteiger partial charge in [0.1, 0.15) is 12.4 Å². The van der Waals surface area contributed by atoms with Crippen molar-refractivity contribution in [2.75, 3.05) is 31.1 Å². The molecule has 4 nitrogen and oxygen atoms in total. The lowest BCUT2D eigenvalue weighted by atomic mass is 10.1. The Balaban J connectivity index is 1.48. The topological polar surface area (TPSA) is 41.6 Å². The highest BCUT2D eigenvalue weighted by Gasteiger charge is 2.16. The molecule has 0 radical (unpaired) electrons. The number of amides is 1. The van der Waals surface area contributed by atoms with Crippen molar-refractivity contribution in [2.24, 2.45) is 0 Å². The third-order valence-corrected chi connectivity index (χ3v) is 4.01. The van der Waals surface area contributed by atoms with Gasteiger partial charge in [-0.3, -0.25) is 4.79 Å². The number of hydrogen-bond donors (Lipinski definition) is 1. The fraction of sp³-hybridized carbons (Fsp3) is 0.316. The number of carbonyl (C=O) groups is 1. The van der Waals surface area contributed by atoms with Crippen LogP contribution in [-0.4, -0.2) is 32.1 Å². The van der Waals surface area contributed by atoms with Gasteiger partial charge in [-0.05, 0) is 24.6 Å². The molecule has 0 aromatic heterocycles. The molecule has 0 saturated heterocycles. The normalized spacial score (nSPS) is 13.2. The van der Waals surface area contributed by atoms with Crippen molar-refractivity contribution in [3.05, 3.63) is 59.7 Å². The van der Waals surface area contributed by atoms with Gasteiger partial charge in [-0.25, -0.2) is 0 Å². The van der Waals surface area contributed by atoms with Gasteiger partial charge in [0.2, 0.25) is 5.91 Å². The van der Waals surface area contributed by atoms with E-state index in [2.05, 4.69) is 16.3 Å². The predicted octanol–water partition coefficient (Wildman–Crippen LogP) is 2.55. The molecule has 0 fully saturated rings. The van der Waals surface area contributed by atoms with Gasteiger partial charge in [0.05, 0.1) is 18.7 Å². The van der Waals surface area contributed by atoms with Crippen LogP contribution in [0.1, 0.15) is 11.1 Å². The first-order valence-electron chi connectivity index (χ1n) is 8.01. The highest BCUT2D eigenvalue weighted by Crippen LogP contribution is 2.30. The summed E-state index contributed by atoms with van der Waals surface area (Å²) in [6.45, 7) is 5.02. The SMILES string of the molecule is Cc1ccc(CC(=O)NCCN2CCOc3ccccc32)cc1. The van der Waals surface area contributed by atoms with Crippen molar-refractivity contribution < 1.29 is 9.53 Å². The molecular weight excluding hydrogens is 288 g/mol. The van der Waals surface area contributed by atoms with Crippen molar-refractivity contribution >= 4 is 11.6 Å². The molecule has 1 aliphatic rings. The zero-order valence-electron chi connectivity index (χ0n) is 13.4. The van der Waals surface area contributed by atoms with Gasteiger partial charge in [-0.1, -0.05) is 42.0 Å². The van der Waals surface area contributed by atoms with Crippen molar-refractivity contribution in [3.63, 3.8) is 0 Å². The fourth-order valence-electron chi connectivity index (χ4n) is 2.74. The summed E-state index contributed by atoms with van der Waals surface area (Å²) in [5, 5.41) is 3.00. The van der Waals surface area contributed by atoms with Gasteiger partial charge in [0.15, 0.2) is 0 Å². The van der Waals surface area contributed by atoms with Gasteiger partial charge >= 0.3 is 0 Å². The van der Waals surface area contributed by atoms with Crippen LogP contribution >= 0.6 is 0 Å². The molecule has 1 N–H and O–H groups in total. The largest absolute Gasteiger partial charge is 0.490 e. The quantitative estimate of drug-likeness (QED) is 0.923. The number of para-hydroxylation sites is 2. The number of rotatable bonds is 5. The molecule has 2 aromatic rings. The van der Waals surface area contributed by atoms with E-state index >= 15 is 0 Å². The predicted molar refractivity (Wildman–Crippen MR) is 92.0 cm³/mol. The molecule has 2 aromatic carbocycles. The second-order valence-corrected chi connectivity index (χ2v) is 5.82. The molecule has 1 amide bonds. The zero-order valence-corrected chi connectivity index (χ0v) is 13.4. The highest BCUT2D eigenvalue weighted by molar-refractivity contribution is 5.78. The summed E-state index contributed by atoms with van der Waals surface area (Å²) in [5.74, 6) is 0.986. The van der Waals surface area contributed by atoms with E-state index in [9.17, 15) is 4.79 Å². The van der Waals surface area contributed by atoms with Crippen molar-refractivity contribution in [1.82, 2.24) is 5.32 Å². The summed E-state index contributed by atoms with van der Waals surface area (Å²) >= 11 is 0. The molecule has 0 saturated carbocycles. The average molecular weight is 310 g/mol. The van der Waals surface area contributed by atoms with Crippen LogP contribution < -0.4 is 15.0 Å². The molecule has 120 valence electrons. The van der Waals surface area contributed by atoms with Gasteiger partial charge in [0.25, 0.3) is 0 Å². The Morgan fingerprint density at radius 3 is 2.78 bits per heavy atom. The van der Waals surface area contributed by atoms with Crippen LogP contribution in [0, 0.1) is 6.92 Å². The maximum atomic E-state index is 12.0. The van der Waals surface area contributed by atoms with E-state index in [-0.39, 0.29) is 5.91 Å². The van der Waals surface area contributed by atoms with Crippen LogP contribution in [-0.2, 0) is 11.2 Å². The van der Waals surface area contributed by atoms with Crippen LogP contribution in [0.15, 0.2) is 48.5 Å². The molecule has 23 heavy (non-hydrogen) atoms. The minimum absolute atomic E-state index is 0.0652. The third-order valence-electron chi connectivity index (χ3n) is 4.01. The van der Waals surface area contributed by atoms with Crippen molar-refractivity contribution in [3.8, 4) is 5.75 Å². The van der Waals surface area contributed by atoms with Crippen LogP contribution in [0.2, 0.25) is 0 Å². The van der Waals surface area contributed by atoms with Crippen molar-refractivity contribution in [1.29, 1.82) is 0 Å². The van der Waals surface area contributed by atoms with Crippen LogP contribution in [0.5, 0.6) is 5.75 Å². The zero-order chi connectivity index (χ0) is 16.1. The van der Waals surface area contributed by atoms with E-state index in [0.717, 1.165) is 30.1 Å². The molecule has 0 aliphatic carbocycles. The molecule has 0 bridgehead atoms. The van der Waals surface area contributed by atoms with Crippen LogP contribution in [0.4, 0.5) is 5.69 Å². The number of fused-ring (bicyclic) bond motifs is 1. The van der Waals surface area contributed by atoms with Crippen LogP contribution in [0.25, 0.3) is 0 Å². The Morgan fingerprint density at radius 1 is 1.17 bits per heavy atom. The lowest BCUT2D eigenvalue weighted by Crippen LogP contribution is -2.39. The number of nitrogens with one attached hydrogen (secondary N) is 1. The Hall–Kier alpha value is -2.49. The first-order chi connectivity index (χ1) is 11.2. The molecule has 1 aliphatic heterocycles. The van der Waals surface area contributed by atoms with E-state index in [4.69, 9.17) is 4.74 Å². The van der Waals surface area contributed by atoms with E-state index in [1.54, 1.807) is 0 Å². The first kappa shape index (κ1) is 15.4. The molecule has 0 unspecified atom stereocenters. The van der Waals surface area contributed by atoms with Gasteiger partial charge in [-0.15, -0.1) is 0 Å². The summed E-state index contributed by atoms with van der Waals surface area (Å²) in [6, 6.07) is 16.1. The minimum Gasteiger partial charge on any atom is -0.490 e. The second-order valence-electron chi connectivity index (χ2n) is 5.82. The molecule has 1 heterocycles. The maximum Gasteiger partial charge on any atom is 0.224 e. The Kier molecular flexibility index (Phi) is 4.81. The standard InChI is InChI=1S/C19H22N2O2/c1-15-6-8-16(9-7-15)14-19(22)20-10-11-21-12-13-23-18-5-3-2-4-17(18)21/h2-9H,10-14H2,1H3,(H,20,22). The van der Waals surface area contributed by atoms with Crippen molar-refractivity contribution in [2.45, 2.75) is 13.3 Å². The summed E-state index contributed by atoms with van der Waals surface area (Å²) < 4.78 is 5.64. The van der Waals surface area contributed by atoms with E-state index < -0.39 is 0 Å². The van der Waals surface area contributed by atoms with Gasteiger partial charge in [-0.2, -0.15) is 0 Å². The maximum absolute atomic E-state index is 12.0. The highest BCUT2D eigenvalue weighted by atomic mass is 16.5.